The summed E-state index contributed by atoms with van der Waals surface area (Å²) in [6.45, 7) is 12.7. The topological polar surface area (TPSA) is 42.0 Å². The van der Waals surface area contributed by atoms with Gasteiger partial charge in [-0.2, -0.15) is 0 Å². The number of aryl methyl sites for hydroxylation is 1. The molecule has 0 amide bonds. The number of carbonyl (C=O) groups excluding carboxylic acids is 1. The fourth-order valence-corrected chi connectivity index (χ4v) is 7.71. The lowest BCUT2D eigenvalue weighted by atomic mass is 9.80. The number of hydrogen-bond acceptors (Lipinski definition) is 5. The van der Waals surface area contributed by atoms with Gasteiger partial charge in [0.15, 0.2) is 0 Å². The fourth-order valence-electron chi connectivity index (χ4n) is 7.58. The summed E-state index contributed by atoms with van der Waals surface area (Å²) in [6, 6.07) is 23.2. The van der Waals surface area contributed by atoms with E-state index in [1.807, 2.05) is 12.1 Å². The maximum absolute atomic E-state index is 13.4. The Kier molecular flexibility index (Phi) is 12.7. The maximum Gasteiger partial charge on any atom is 0.311 e. The Balaban J connectivity index is 0.00000451. The Bertz CT molecular complexity index is 1550. The number of likely N-dealkylation sites (tertiary alicyclic amines) is 1. The van der Waals surface area contributed by atoms with E-state index in [-0.39, 0.29) is 24.3 Å². The zero-order valence-corrected chi connectivity index (χ0v) is 30.5. The van der Waals surface area contributed by atoms with Crippen molar-refractivity contribution in [1.29, 1.82) is 0 Å². The molecule has 48 heavy (non-hydrogen) atoms. The van der Waals surface area contributed by atoms with Crippen LogP contribution in [-0.4, -0.2) is 60.6 Å². The third-order valence-electron chi connectivity index (χ3n) is 10.3. The summed E-state index contributed by atoms with van der Waals surface area (Å²) < 4.78 is 13.1. The van der Waals surface area contributed by atoms with Crippen LogP contribution in [0.1, 0.15) is 93.9 Å². The molecule has 5 nitrogen and oxygen atoms in total. The van der Waals surface area contributed by atoms with Crippen LogP contribution < -0.4 is 9.47 Å². The molecule has 1 unspecified atom stereocenters. The van der Waals surface area contributed by atoms with Gasteiger partial charge in [0.1, 0.15) is 17.1 Å². The van der Waals surface area contributed by atoms with Crippen molar-refractivity contribution in [3.05, 3.63) is 99.6 Å². The van der Waals surface area contributed by atoms with Gasteiger partial charge in [-0.05, 0) is 143 Å². The molecule has 0 N–H and O–H groups in total. The van der Waals surface area contributed by atoms with E-state index in [2.05, 4.69) is 85.2 Å². The summed E-state index contributed by atoms with van der Waals surface area (Å²) >= 11 is 6.10. The number of fused-ring (bicyclic) bond motifs is 2. The number of benzene rings is 3. The van der Waals surface area contributed by atoms with Crippen LogP contribution in [0.15, 0.2) is 72.3 Å². The SMILES string of the molecule is CC(CCCc1ccc(Cl)cc1)c1cc(OC(=O)CCCN2CCCC2)c2c(c1)OC(C)(C)C1=C2CN(CCc2ccccc2)CC1.Cl. The van der Waals surface area contributed by atoms with Crippen LogP contribution in [0, 0.1) is 0 Å². The monoisotopic (exact) mass is 690 g/mol. The maximum atomic E-state index is 13.4. The molecule has 0 spiro atoms. The Hall–Kier alpha value is -2.83. The van der Waals surface area contributed by atoms with E-state index in [9.17, 15) is 4.79 Å². The molecule has 3 heterocycles. The molecule has 0 aromatic heterocycles. The third kappa shape index (κ3) is 9.24. The summed E-state index contributed by atoms with van der Waals surface area (Å²) in [5, 5.41) is 0.771. The van der Waals surface area contributed by atoms with Gasteiger partial charge in [-0.1, -0.05) is 61.0 Å². The van der Waals surface area contributed by atoms with Gasteiger partial charge in [0.25, 0.3) is 0 Å². The fraction of sp³-hybridized carbons (Fsp3) is 0.488. The number of halogens is 2. The van der Waals surface area contributed by atoms with Crippen LogP contribution in [0.4, 0.5) is 0 Å². The molecule has 1 saturated heterocycles. The van der Waals surface area contributed by atoms with E-state index >= 15 is 0 Å². The van der Waals surface area contributed by atoms with Gasteiger partial charge in [-0.25, -0.2) is 0 Å². The molecule has 258 valence electrons. The minimum atomic E-state index is -0.415. The summed E-state index contributed by atoms with van der Waals surface area (Å²) in [7, 11) is 0. The van der Waals surface area contributed by atoms with Crippen molar-refractivity contribution in [2.24, 2.45) is 0 Å². The second kappa shape index (κ2) is 16.7. The molecule has 0 saturated carbocycles. The van der Waals surface area contributed by atoms with Crippen LogP contribution in [-0.2, 0) is 17.6 Å². The first-order valence-corrected chi connectivity index (χ1v) is 18.2. The number of esters is 1. The van der Waals surface area contributed by atoms with Gasteiger partial charge in [0.2, 0.25) is 0 Å². The minimum Gasteiger partial charge on any atom is -0.483 e. The molecular formula is C41H52Cl2N2O3. The highest BCUT2D eigenvalue weighted by Gasteiger charge is 2.39. The third-order valence-corrected chi connectivity index (χ3v) is 10.6. The highest BCUT2D eigenvalue weighted by atomic mass is 35.5. The first kappa shape index (κ1) is 36.5. The molecule has 3 aliphatic rings. The first-order chi connectivity index (χ1) is 22.7. The Morgan fingerprint density at radius 2 is 1.65 bits per heavy atom. The summed E-state index contributed by atoms with van der Waals surface area (Å²) in [5.74, 6) is 1.65. The quantitative estimate of drug-likeness (QED) is 0.132. The molecule has 3 aromatic carbocycles. The molecule has 0 bridgehead atoms. The van der Waals surface area contributed by atoms with Crippen LogP contribution in [0.5, 0.6) is 11.5 Å². The number of hydrogen-bond donors (Lipinski definition) is 0. The van der Waals surface area contributed by atoms with Gasteiger partial charge in [0.05, 0.1) is 5.56 Å². The van der Waals surface area contributed by atoms with Gasteiger partial charge >= 0.3 is 5.97 Å². The van der Waals surface area contributed by atoms with Gasteiger partial charge in [-0.3, -0.25) is 9.69 Å². The molecule has 0 aliphatic carbocycles. The number of rotatable bonds is 13. The van der Waals surface area contributed by atoms with E-state index in [4.69, 9.17) is 21.1 Å². The van der Waals surface area contributed by atoms with E-state index in [1.54, 1.807) is 0 Å². The molecule has 0 radical (unpaired) electrons. The van der Waals surface area contributed by atoms with Gasteiger partial charge in [-0.15, -0.1) is 12.4 Å². The highest BCUT2D eigenvalue weighted by Crippen LogP contribution is 2.49. The second-order valence-corrected chi connectivity index (χ2v) is 14.7. The molecule has 3 aromatic rings. The minimum absolute atomic E-state index is 0. The molecule has 1 atom stereocenters. The van der Waals surface area contributed by atoms with Crippen LogP contribution in [0.25, 0.3) is 5.57 Å². The zero-order chi connectivity index (χ0) is 32.8. The van der Waals surface area contributed by atoms with Gasteiger partial charge < -0.3 is 14.4 Å². The molecule has 1 fully saturated rings. The average molecular weight is 692 g/mol. The highest BCUT2D eigenvalue weighted by molar-refractivity contribution is 6.30. The molecule has 7 heteroatoms. The number of carbonyl (C=O) groups is 1. The lowest BCUT2D eigenvalue weighted by Gasteiger charge is -2.43. The standard InChI is InChI=1S/C41H51ClN2O3.ClH/c1-30(11-9-14-32-16-18-34(42)19-17-32)33-27-37(46-39(45)15-10-24-43-22-7-8-23-43)40-35-29-44(25-20-31-12-5-4-6-13-31)26-21-36(35)41(2,3)47-38(40)28-33;/h4-6,12-13,16-19,27-28,30H,7-11,14-15,20-26,29H2,1-3H3;1H. The van der Waals surface area contributed by atoms with E-state index in [0.717, 1.165) is 99.7 Å². The zero-order valence-electron chi connectivity index (χ0n) is 28.9. The smallest absolute Gasteiger partial charge is 0.311 e. The summed E-state index contributed by atoms with van der Waals surface area (Å²) in [6.07, 6.45) is 8.82. The normalized spacial score (nSPS) is 18.0. The first-order valence-electron chi connectivity index (χ1n) is 17.8. The Morgan fingerprint density at radius 3 is 2.40 bits per heavy atom. The lowest BCUT2D eigenvalue weighted by Crippen LogP contribution is -2.42. The molecule has 3 aliphatic heterocycles. The van der Waals surface area contributed by atoms with Crippen molar-refractivity contribution in [3.63, 3.8) is 0 Å². The predicted octanol–water partition coefficient (Wildman–Crippen LogP) is 9.54. The molecular weight excluding hydrogens is 639 g/mol. The lowest BCUT2D eigenvalue weighted by molar-refractivity contribution is -0.134. The molecule has 6 rings (SSSR count). The average Bonchev–Trinajstić information content (AvgIpc) is 3.58. The van der Waals surface area contributed by atoms with E-state index < -0.39 is 5.60 Å². The van der Waals surface area contributed by atoms with E-state index in [0.29, 0.717) is 12.2 Å². The van der Waals surface area contributed by atoms with E-state index in [1.165, 1.54) is 35.1 Å². The van der Waals surface area contributed by atoms with Crippen molar-refractivity contribution in [2.45, 2.75) is 90.1 Å². The van der Waals surface area contributed by atoms with Gasteiger partial charge in [0, 0.05) is 31.1 Å². The predicted molar refractivity (Wildman–Crippen MR) is 200 cm³/mol. The number of ether oxygens (including phenoxy) is 2. The van der Waals surface area contributed by atoms with Crippen molar-refractivity contribution in [2.75, 3.05) is 39.3 Å². The van der Waals surface area contributed by atoms with Crippen LogP contribution >= 0.6 is 24.0 Å². The van der Waals surface area contributed by atoms with Crippen LogP contribution in [0.2, 0.25) is 5.02 Å². The summed E-state index contributed by atoms with van der Waals surface area (Å²) in [4.78, 5) is 18.4. The largest absolute Gasteiger partial charge is 0.483 e. The second-order valence-electron chi connectivity index (χ2n) is 14.3. The number of nitrogens with zero attached hydrogens (tertiary/aromatic N) is 2. The van der Waals surface area contributed by atoms with Crippen LogP contribution in [0.3, 0.4) is 0 Å². The van der Waals surface area contributed by atoms with Crippen molar-refractivity contribution in [1.82, 2.24) is 9.80 Å². The Morgan fingerprint density at radius 1 is 0.917 bits per heavy atom. The van der Waals surface area contributed by atoms with Crippen molar-refractivity contribution >= 4 is 35.6 Å². The van der Waals surface area contributed by atoms with Crippen molar-refractivity contribution < 1.29 is 14.3 Å². The summed E-state index contributed by atoms with van der Waals surface area (Å²) in [5.41, 5.74) is 6.99. The van der Waals surface area contributed by atoms with Crippen molar-refractivity contribution in [3.8, 4) is 11.5 Å². The Labute approximate surface area is 299 Å².